The van der Waals surface area contributed by atoms with Crippen LogP contribution >= 0.6 is 0 Å². The van der Waals surface area contributed by atoms with E-state index in [9.17, 15) is 19.2 Å². The van der Waals surface area contributed by atoms with E-state index in [1.807, 2.05) is 0 Å². The van der Waals surface area contributed by atoms with Gasteiger partial charge in [-0.1, -0.05) is 19.3 Å². The number of hydrogen-bond donors (Lipinski definition) is 0. The summed E-state index contributed by atoms with van der Waals surface area (Å²) in [6.45, 7) is 0. The zero-order valence-electron chi connectivity index (χ0n) is 15.2. The molecule has 0 N–H and O–H groups in total. The van der Waals surface area contributed by atoms with Crippen LogP contribution < -0.4 is 0 Å². The number of benzene rings is 1. The minimum absolute atomic E-state index is 0.0505. The summed E-state index contributed by atoms with van der Waals surface area (Å²) < 4.78 is 5.36. The van der Waals surface area contributed by atoms with Crippen molar-refractivity contribution >= 4 is 23.6 Å². The third-order valence-corrected chi connectivity index (χ3v) is 5.84. The van der Waals surface area contributed by atoms with Gasteiger partial charge in [-0.25, -0.2) is 4.79 Å². The zero-order chi connectivity index (χ0) is 19.0. The Kier molecular flexibility index (Phi) is 4.81. The van der Waals surface area contributed by atoms with Crippen LogP contribution in [0.2, 0.25) is 0 Å². The molecule has 1 aromatic rings. The Labute approximate surface area is 157 Å². The summed E-state index contributed by atoms with van der Waals surface area (Å²) in [6.07, 6.45) is 6.82. The van der Waals surface area contributed by atoms with Gasteiger partial charge in [-0.05, 0) is 50.3 Å². The minimum atomic E-state index is -0.699. The van der Waals surface area contributed by atoms with Gasteiger partial charge >= 0.3 is 5.97 Å². The molecule has 1 atom stereocenters. The van der Waals surface area contributed by atoms with Crippen LogP contribution in [0.25, 0.3) is 0 Å². The van der Waals surface area contributed by atoms with E-state index in [4.69, 9.17) is 4.74 Å². The van der Waals surface area contributed by atoms with E-state index in [0.29, 0.717) is 18.4 Å². The second-order valence-electron chi connectivity index (χ2n) is 7.64. The number of esters is 1. The molecule has 6 heteroatoms. The van der Waals surface area contributed by atoms with E-state index < -0.39 is 12.1 Å². The van der Waals surface area contributed by atoms with Crippen LogP contribution in [0.4, 0.5) is 0 Å². The fraction of sp³-hybridized carbons (Fsp3) is 0.524. The van der Waals surface area contributed by atoms with Crippen molar-refractivity contribution in [3.63, 3.8) is 0 Å². The lowest BCUT2D eigenvalue weighted by molar-refractivity contribution is -0.129. The molecule has 0 radical (unpaired) electrons. The first-order chi connectivity index (χ1) is 13.1. The first-order valence-corrected chi connectivity index (χ1v) is 9.82. The van der Waals surface area contributed by atoms with E-state index in [0.717, 1.165) is 44.9 Å². The van der Waals surface area contributed by atoms with Crippen molar-refractivity contribution in [2.24, 2.45) is 0 Å². The smallest absolute Gasteiger partial charge is 0.338 e. The van der Waals surface area contributed by atoms with Crippen LogP contribution in [0.15, 0.2) is 18.2 Å². The van der Waals surface area contributed by atoms with Gasteiger partial charge in [0.25, 0.3) is 11.8 Å². The summed E-state index contributed by atoms with van der Waals surface area (Å²) in [6, 6.07) is 4.41. The largest absolute Gasteiger partial charge is 0.451 e. The Morgan fingerprint density at radius 1 is 0.889 bits per heavy atom. The Morgan fingerprint density at radius 3 is 2.33 bits per heavy atom. The predicted molar refractivity (Wildman–Crippen MR) is 96.5 cm³/mol. The highest BCUT2D eigenvalue weighted by molar-refractivity contribution is 6.22. The van der Waals surface area contributed by atoms with E-state index in [2.05, 4.69) is 0 Å². The molecule has 1 aromatic carbocycles. The molecule has 1 aliphatic heterocycles. The van der Waals surface area contributed by atoms with E-state index in [1.54, 1.807) is 0 Å². The molecule has 3 aliphatic rings. The fourth-order valence-electron chi connectivity index (χ4n) is 4.33. The SMILES string of the molecule is O=C(O[C@H]1CCCCC1=O)c1ccc2c(c1)C(=O)N(C1CCCCC1)C2=O. The first kappa shape index (κ1) is 17.9. The lowest BCUT2D eigenvalue weighted by Gasteiger charge is -2.29. The molecular weight excluding hydrogens is 346 g/mol. The number of ketones is 1. The third-order valence-electron chi connectivity index (χ3n) is 5.84. The van der Waals surface area contributed by atoms with Crippen LogP contribution in [0.1, 0.15) is 88.9 Å². The molecule has 0 unspecified atom stereocenters. The highest BCUT2D eigenvalue weighted by Crippen LogP contribution is 2.31. The number of ether oxygens (including phenoxy) is 1. The standard InChI is InChI=1S/C21H23NO5/c23-17-8-4-5-9-18(17)27-21(26)13-10-11-15-16(12-13)20(25)22(19(15)24)14-6-2-1-3-7-14/h10-12,14,18H,1-9H2/t18-/m0/s1. The molecule has 0 saturated heterocycles. The number of imide groups is 1. The maximum absolute atomic E-state index is 12.8. The second kappa shape index (κ2) is 7.25. The Bertz CT molecular complexity index is 809. The van der Waals surface area contributed by atoms with E-state index in [1.165, 1.54) is 23.1 Å². The van der Waals surface area contributed by atoms with Crippen LogP contribution in [-0.4, -0.2) is 40.6 Å². The van der Waals surface area contributed by atoms with Gasteiger partial charge in [0.15, 0.2) is 11.9 Å². The third kappa shape index (κ3) is 3.29. The number of rotatable bonds is 3. The van der Waals surface area contributed by atoms with Crippen LogP contribution in [0.5, 0.6) is 0 Å². The number of Topliss-reactive ketones (excluding diaryl/α,β-unsaturated/α-hetero) is 1. The molecule has 6 nitrogen and oxygen atoms in total. The summed E-state index contributed by atoms with van der Waals surface area (Å²) >= 11 is 0. The van der Waals surface area contributed by atoms with Crippen molar-refractivity contribution < 1.29 is 23.9 Å². The highest BCUT2D eigenvalue weighted by Gasteiger charge is 2.40. The summed E-state index contributed by atoms with van der Waals surface area (Å²) in [4.78, 5) is 51.2. The minimum Gasteiger partial charge on any atom is -0.451 e. The summed E-state index contributed by atoms with van der Waals surface area (Å²) in [5.41, 5.74) is 0.810. The normalized spacial score (nSPS) is 23.5. The number of carbonyl (C=O) groups is 4. The van der Waals surface area contributed by atoms with Crippen molar-refractivity contribution in [2.45, 2.75) is 69.9 Å². The first-order valence-electron chi connectivity index (χ1n) is 9.82. The lowest BCUT2D eigenvalue weighted by Crippen LogP contribution is -2.40. The van der Waals surface area contributed by atoms with Crippen molar-refractivity contribution in [2.75, 3.05) is 0 Å². The molecule has 0 spiro atoms. The molecule has 2 saturated carbocycles. The quantitative estimate of drug-likeness (QED) is 0.603. The summed E-state index contributed by atoms with van der Waals surface area (Å²) in [7, 11) is 0. The van der Waals surface area contributed by atoms with Crippen molar-refractivity contribution in [3.05, 3.63) is 34.9 Å². The molecule has 1 heterocycles. The molecule has 0 bridgehead atoms. The molecule has 2 amide bonds. The molecule has 0 aromatic heterocycles. The van der Waals surface area contributed by atoms with Crippen molar-refractivity contribution in [3.8, 4) is 0 Å². The van der Waals surface area contributed by atoms with Gasteiger partial charge in [0.05, 0.1) is 16.7 Å². The fourth-order valence-corrected chi connectivity index (χ4v) is 4.33. The maximum Gasteiger partial charge on any atom is 0.338 e. The molecular formula is C21H23NO5. The van der Waals surface area contributed by atoms with Crippen molar-refractivity contribution in [1.82, 2.24) is 4.90 Å². The van der Waals surface area contributed by atoms with E-state index in [-0.39, 0.29) is 34.8 Å². The Morgan fingerprint density at radius 2 is 1.59 bits per heavy atom. The average Bonchev–Trinajstić information content (AvgIpc) is 2.94. The van der Waals surface area contributed by atoms with Gasteiger partial charge < -0.3 is 4.74 Å². The van der Waals surface area contributed by atoms with Crippen LogP contribution in [0.3, 0.4) is 0 Å². The number of hydrogen-bond acceptors (Lipinski definition) is 5. The van der Waals surface area contributed by atoms with Crippen molar-refractivity contribution in [1.29, 1.82) is 0 Å². The molecule has 2 fully saturated rings. The highest BCUT2D eigenvalue weighted by atomic mass is 16.5. The molecule has 27 heavy (non-hydrogen) atoms. The zero-order valence-corrected chi connectivity index (χ0v) is 15.2. The Balaban J connectivity index is 1.53. The second-order valence-corrected chi connectivity index (χ2v) is 7.64. The number of carbonyl (C=O) groups excluding carboxylic acids is 4. The lowest BCUT2D eigenvalue weighted by atomic mass is 9.94. The Hall–Kier alpha value is -2.50. The van der Waals surface area contributed by atoms with Gasteiger partial charge in [0, 0.05) is 12.5 Å². The predicted octanol–water partition coefficient (Wildman–Crippen LogP) is 3.28. The summed E-state index contributed by atoms with van der Waals surface area (Å²) in [5.74, 6) is -1.27. The monoisotopic (exact) mass is 369 g/mol. The van der Waals surface area contributed by atoms with Crippen LogP contribution in [0, 0.1) is 0 Å². The van der Waals surface area contributed by atoms with E-state index >= 15 is 0 Å². The van der Waals surface area contributed by atoms with Gasteiger partial charge in [0.2, 0.25) is 0 Å². The van der Waals surface area contributed by atoms with Gasteiger partial charge in [-0.15, -0.1) is 0 Å². The average molecular weight is 369 g/mol. The topological polar surface area (TPSA) is 80.8 Å². The molecule has 142 valence electrons. The number of fused-ring (bicyclic) bond motifs is 1. The van der Waals surface area contributed by atoms with Crippen LogP contribution in [-0.2, 0) is 9.53 Å². The molecule has 4 rings (SSSR count). The molecule has 2 aliphatic carbocycles. The van der Waals surface area contributed by atoms with Gasteiger partial charge in [0.1, 0.15) is 0 Å². The van der Waals surface area contributed by atoms with Gasteiger partial charge in [-0.2, -0.15) is 0 Å². The number of nitrogens with zero attached hydrogens (tertiary/aromatic N) is 1. The van der Waals surface area contributed by atoms with Gasteiger partial charge in [-0.3, -0.25) is 19.3 Å². The maximum atomic E-state index is 12.8. The number of amides is 2. The summed E-state index contributed by atoms with van der Waals surface area (Å²) in [5, 5.41) is 0.